The number of aromatic nitrogens is 4. The molecule has 4 rings (SSSR count). The zero-order valence-corrected chi connectivity index (χ0v) is 17.0. The molecule has 0 aliphatic heterocycles. The van der Waals surface area contributed by atoms with Gasteiger partial charge in [0.15, 0.2) is 4.34 Å². The third-order valence-electron chi connectivity index (χ3n) is 3.61. The van der Waals surface area contributed by atoms with Crippen molar-refractivity contribution in [3.05, 3.63) is 42.5 Å². The van der Waals surface area contributed by atoms with Crippen molar-refractivity contribution >= 4 is 68.3 Å². The molecule has 0 saturated heterocycles. The normalized spacial score (nSPS) is 10.8. The lowest BCUT2D eigenvalue weighted by molar-refractivity contribution is -0.113. The van der Waals surface area contributed by atoms with Crippen molar-refractivity contribution in [2.75, 3.05) is 23.5 Å². The lowest BCUT2D eigenvalue weighted by atomic mass is 10.2. The largest absolute Gasteiger partial charge is 0.497 e. The zero-order valence-electron chi connectivity index (χ0n) is 14.6. The third-order valence-corrected chi connectivity index (χ3v) is 6.13. The van der Waals surface area contributed by atoms with E-state index in [2.05, 4.69) is 29.6 Å². The minimum atomic E-state index is -0.136. The number of rotatable bonds is 7. The van der Waals surface area contributed by atoms with Gasteiger partial charge < -0.3 is 15.4 Å². The summed E-state index contributed by atoms with van der Waals surface area (Å²) in [7, 11) is 1.62. The summed E-state index contributed by atoms with van der Waals surface area (Å²) in [5, 5.41) is 14.9. The summed E-state index contributed by atoms with van der Waals surface area (Å²) < 4.78 is 14.3. The van der Waals surface area contributed by atoms with E-state index in [4.69, 9.17) is 4.74 Å². The van der Waals surface area contributed by atoms with E-state index >= 15 is 0 Å². The summed E-state index contributed by atoms with van der Waals surface area (Å²) in [5.41, 5.74) is 2.99. The molecule has 0 saturated carbocycles. The topological polar surface area (TPSA) is 102 Å². The second kappa shape index (κ2) is 8.50. The Bertz CT molecular complexity index is 1110. The Hall–Kier alpha value is -2.76. The Balaban J connectivity index is 1.34. The van der Waals surface area contributed by atoms with Gasteiger partial charge in [-0.05, 0) is 24.3 Å². The summed E-state index contributed by atoms with van der Waals surface area (Å²) in [6, 6.07) is 13.1. The van der Waals surface area contributed by atoms with Crippen LogP contribution in [-0.2, 0) is 4.79 Å². The minimum Gasteiger partial charge on any atom is -0.497 e. The number of ether oxygens (including phenoxy) is 1. The van der Waals surface area contributed by atoms with E-state index in [-0.39, 0.29) is 11.7 Å². The highest BCUT2D eigenvalue weighted by atomic mass is 32.2. The molecule has 0 unspecified atom stereocenters. The molecule has 11 heteroatoms. The van der Waals surface area contributed by atoms with Crippen LogP contribution < -0.4 is 15.4 Å². The Morgan fingerprint density at radius 1 is 1.18 bits per heavy atom. The van der Waals surface area contributed by atoms with E-state index in [1.54, 1.807) is 7.11 Å². The molecule has 2 aromatic carbocycles. The van der Waals surface area contributed by atoms with Crippen LogP contribution >= 0.6 is 34.8 Å². The molecule has 28 heavy (non-hydrogen) atoms. The van der Waals surface area contributed by atoms with Crippen molar-refractivity contribution in [2.45, 2.75) is 4.34 Å². The second-order valence-electron chi connectivity index (χ2n) is 5.50. The first kappa shape index (κ1) is 18.6. The van der Waals surface area contributed by atoms with E-state index in [0.717, 1.165) is 28.7 Å². The Morgan fingerprint density at radius 3 is 2.96 bits per heavy atom. The lowest BCUT2D eigenvalue weighted by Crippen LogP contribution is -2.14. The monoisotopic (exact) mass is 430 g/mol. The van der Waals surface area contributed by atoms with E-state index in [9.17, 15) is 4.79 Å². The Morgan fingerprint density at radius 2 is 2.07 bits per heavy atom. The molecule has 0 atom stereocenters. The molecule has 0 radical (unpaired) electrons. The predicted molar refractivity (Wildman–Crippen MR) is 113 cm³/mol. The van der Waals surface area contributed by atoms with Gasteiger partial charge in [-0.3, -0.25) is 4.79 Å². The molecular weight excluding hydrogens is 416 g/mol. The van der Waals surface area contributed by atoms with Crippen LogP contribution in [0.15, 0.2) is 46.8 Å². The van der Waals surface area contributed by atoms with Crippen LogP contribution in [0.25, 0.3) is 11.0 Å². The van der Waals surface area contributed by atoms with Gasteiger partial charge in [-0.15, -0.1) is 10.2 Å². The first-order valence-corrected chi connectivity index (χ1v) is 10.6. The standard InChI is InChI=1S/C17H14N6O2S3/c1-25-11-5-2-4-10(8-11)18-16-20-21-17(27-16)26-9-14(24)19-12-6-3-7-13-15(12)23-28-22-13/h2-8H,9H2,1H3,(H,18,20)(H,19,24). The number of hydrogen-bond acceptors (Lipinski definition) is 10. The number of carbonyl (C=O) groups excluding carboxylic acids is 1. The summed E-state index contributed by atoms with van der Waals surface area (Å²) in [5.74, 6) is 0.844. The number of amides is 1. The first-order chi connectivity index (χ1) is 13.7. The van der Waals surface area contributed by atoms with Gasteiger partial charge in [0.1, 0.15) is 16.8 Å². The van der Waals surface area contributed by atoms with Crippen molar-refractivity contribution in [3.8, 4) is 5.75 Å². The van der Waals surface area contributed by atoms with Crippen LogP contribution in [0.1, 0.15) is 0 Å². The van der Waals surface area contributed by atoms with Crippen LogP contribution in [0.5, 0.6) is 5.75 Å². The molecule has 1 amide bonds. The SMILES string of the molecule is COc1cccc(Nc2nnc(SCC(=O)Nc3cccc4nsnc34)s2)c1. The van der Waals surface area contributed by atoms with Crippen LogP contribution in [0.3, 0.4) is 0 Å². The number of thioether (sulfide) groups is 1. The van der Waals surface area contributed by atoms with E-state index < -0.39 is 0 Å². The average molecular weight is 431 g/mol. The quantitative estimate of drug-likeness (QED) is 0.424. The van der Waals surface area contributed by atoms with Gasteiger partial charge in [-0.1, -0.05) is 35.2 Å². The molecule has 0 spiro atoms. The van der Waals surface area contributed by atoms with Crippen molar-refractivity contribution < 1.29 is 9.53 Å². The van der Waals surface area contributed by atoms with Crippen molar-refractivity contribution in [2.24, 2.45) is 0 Å². The Kier molecular flexibility index (Phi) is 5.65. The highest BCUT2D eigenvalue weighted by Gasteiger charge is 2.11. The number of methoxy groups -OCH3 is 1. The number of anilines is 3. The molecule has 2 heterocycles. The molecule has 0 aliphatic rings. The number of hydrogen-bond donors (Lipinski definition) is 2. The van der Waals surface area contributed by atoms with Crippen molar-refractivity contribution in [1.29, 1.82) is 0 Å². The number of fused-ring (bicyclic) bond motifs is 1. The summed E-state index contributed by atoms with van der Waals surface area (Å²) >= 11 is 3.83. The summed E-state index contributed by atoms with van der Waals surface area (Å²) in [4.78, 5) is 12.3. The fraction of sp³-hybridized carbons (Fsp3) is 0.118. The van der Waals surface area contributed by atoms with Gasteiger partial charge in [-0.25, -0.2) is 0 Å². The van der Waals surface area contributed by atoms with Gasteiger partial charge in [0.25, 0.3) is 0 Å². The van der Waals surface area contributed by atoms with Crippen LogP contribution in [0.2, 0.25) is 0 Å². The van der Waals surface area contributed by atoms with Gasteiger partial charge in [-0.2, -0.15) is 8.75 Å². The zero-order chi connectivity index (χ0) is 19.3. The maximum Gasteiger partial charge on any atom is 0.234 e. The minimum absolute atomic E-state index is 0.136. The highest BCUT2D eigenvalue weighted by Crippen LogP contribution is 2.29. The molecule has 0 aliphatic carbocycles. The number of nitrogens with one attached hydrogen (secondary N) is 2. The molecule has 4 aromatic rings. The molecule has 0 fully saturated rings. The number of carbonyl (C=O) groups is 1. The fourth-order valence-electron chi connectivity index (χ4n) is 2.36. The fourth-order valence-corrected chi connectivity index (χ4v) is 4.49. The van der Waals surface area contributed by atoms with Crippen LogP contribution in [-0.4, -0.2) is 37.7 Å². The third kappa shape index (κ3) is 4.38. The molecule has 2 aromatic heterocycles. The predicted octanol–water partition coefficient (Wildman–Crippen LogP) is 4.03. The molecular formula is C17H14N6O2S3. The maximum absolute atomic E-state index is 12.3. The Labute approximate surface area is 172 Å². The maximum atomic E-state index is 12.3. The second-order valence-corrected chi connectivity index (χ2v) is 8.23. The van der Waals surface area contributed by atoms with Crippen molar-refractivity contribution in [3.63, 3.8) is 0 Å². The molecule has 0 bridgehead atoms. The molecule has 8 nitrogen and oxygen atoms in total. The first-order valence-electron chi connectivity index (χ1n) is 8.10. The summed E-state index contributed by atoms with van der Waals surface area (Å²) in [6.45, 7) is 0. The van der Waals surface area contributed by atoms with Gasteiger partial charge in [0.2, 0.25) is 11.0 Å². The van der Waals surface area contributed by atoms with Gasteiger partial charge in [0.05, 0.1) is 30.3 Å². The molecule has 2 N–H and O–H groups in total. The van der Waals surface area contributed by atoms with Crippen molar-refractivity contribution in [1.82, 2.24) is 18.9 Å². The summed E-state index contributed by atoms with van der Waals surface area (Å²) in [6.07, 6.45) is 0. The van der Waals surface area contributed by atoms with E-state index in [1.807, 2.05) is 42.5 Å². The van der Waals surface area contributed by atoms with Gasteiger partial charge in [0, 0.05) is 11.8 Å². The number of nitrogens with zero attached hydrogens (tertiary/aromatic N) is 4. The molecule has 142 valence electrons. The van der Waals surface area contributed by atoms with Crippen LogP contribution in [0.4, 0.5) is 16.5 Å². The average Bonchev–Trinajstić information content (AvgIpc) is 3.36. The highest BCUT2D eigenvalue weighted by molar-refractivity contribution is 8.01. The van der Waals surface area contributed by atoms with E-state index in [1.165, 1.54) is 23.1 Å². The number of benzene rings is 2. The lowest BCUT2D eigenvalue weighted by Gasteiger charge is -2.04. The van der Waals surface area contributed by atoms with Gasteiger partial charge >= 0.3 is 0 Å². The van der Waals surface area contributed by atoms with E-state index in [0.29, 0.717) is 20.7 Å². The smallest absolute Gasteiger partial charge is 0.234 e. The van der Waals surface area contributed by atoms with Crippen LogP contribution in [0, 0.1) is 0 Å².